The second-order valence-electron chi connectivity index (χ2n) is 8.58. The van der Waals surface area contributed by atoms with Crippen LogP contribution in [0.4, 0.5) is 0 Å². The zero-order valence-corrected chi connectivity index (χ0v) is 19.0. The summed E-state index contributed by atoms with van der Waals surface area (Å²) in [6.07, 6.45) is 6.69. The Morgan fingerprint density at radius 3 is 2.77 bits per heavy atom. The highest BCUT2D eigenvalue weighted by molar-refractivity contribution is 7.18. The van der Waals surface area contributed by atoms with Crippen LogP contribution in [-0.4, -0.2) is 25.4 Å². The SMILES string of the molecule is Cc1ccc(Cn2cnc3sc4c(c3c2=O)CCC(NCc2cn(C)nc2C)C4)cc1. The Balaban J connectivity index is 1.36. The molecule has 1 unspecified atom stereocenters. The number of benzene rings is 1. The summed E-state index contributed by atoms with van der Waals surface area (Å²) in [6, 6.07) is 8.73. The van der Waals surface area contributed by atoms with Gasteiger partial charge in [0.2, 0.25) is 0 Å². The fraction of sp³-hybridized carbons (Fsp3) is 0.375. The summed E-state index contributed by atoms with van der Waals surface area (Å²) in [5.41, 5.74) is 5.95. The molecule has 0 aliphatic heterocycles. The lowest BCUT2D eigenvalue weighted by molar-refractivity contribution is 0.462. The second-order valence-corrected chi connectivity index (χ2v) is 9.66. The van der Waals surface area contributed by atoms with Gasteiger partial charge in [0.1, 0.15) is 4.83 Å². The Morgan fingerprint density at radius 2 is 2.03 bits per heavy atom. The lowest BCUT2D eigenvalue weighted by Crippen LogP contribution is -2.34. The molecule has 1 aliphatic carbocycles. The van der Waals surface area contributed by atoms with E-state index in [2.05, 4.69) is 59.7 Å². The normalized spacial score (nSPS) is 16.0. The number of nitrogens with zero attached hydrogens (tertiary/aromatic N) is 4. The Labute approximate surface area is 185 Å². The second kappa shape index (κ2) is 8.05. The van der Waals surface area contributed by atoms with Crippen LogP contribution >= 0.6 is 11.3 Å². The van der Waals surface area contributed by atoms with Crippen molar-refractivity contribution in [2.75, 3.05) is 0 Å². The maximum Gasteiger partial charge on any atom is 0.262 e. The van der Waals surface area contributed by atoms with E-state index in [-0.39, 0.29) is 5.56 Å². The van der Waals surface area contributed by atoms with E-state index in [4.69, 9.17) is 0 Å². The average Bonchev–Trinajstić information content (AvgIpc) is 3.28. The third-order valence-electron chi connectivity index (χ3n) is 6.21. The molecular formula is C24H27N5OS. The molecule has 3 heterocycles. The minimum atomic E-state index is 0.0838. The molecule has 7 heteroatoms. The molecule has 1 aliphatic rings. The molecule has 1 atom stereocenters. The molecule has 4 aromatic rings. The van der Waals surface area contributed by atoms with Gasteiger partial charge in [-0.2, -0.15) is 5.10 Å². The van der Waals surface area contributed by atoms with Crippen molar-refractivity contribution in [2.24, 2.45) is 7.05 Å². The van der Waals surface area contributed by atoms with E-state index in [1.165, 1.54) is 21.6 Å². The molecule has 0 amide bonds. The molecule has 31 heavy (non-hydrogen) atoms. The average molecular weight is 434 g/mol. The van der Waals surface area contributed by atoms with Crippen LogP contribution in [0, 0.1) is 13.8 Å². The summed E-state index contributed by atoms with van der Waals surface area (Å²) in [6.45, 7) is 5.50. The summed E-state index contributed by atoms with van der Waals surface area (Å²) in [7, 11) is 1.96. The maximum atomic E-state index is 13.3. The molecule has 5 rings (SSSR count). The number of hydrogen-bond donors (Lipinski definition) is 1. The van der Waals surface area contributed by atoms with Gasteiger partial charge in [0, 0.05) is 36.3 Å². The molecule has 1 aromatic carbocycles. The van der Waals surface area contributed by atoms with Crippen LogP contribution in [0.1, 0.15) is 39.2 Å². The topological polar surface area (TPSA) is 64.7 Å². The van der Waals surface area contributed by atoms with Gasteiger partial charge in [-0.1, -0.05) is 29.8 Å². The van der Waals surface area contributed by atoms with Gasteiger partial charge in [-0.3, -0.25) is 14.0 Å². The largest absolute Gasteiger partial charge is 0.309 e. The molecule has 1 N–H and O–H groups in total. The van der Waals surface area contributed by atoms with Gasteiger partial charge < -0.3 is 5.32 Å². The summed E-state index contributed by atoms with van der Waals surface area (Å²) >= 11 is 1.68. The van der Waals surface area contributed by atoms with Crippen molar-refractivity contribution >= 4 is 21.6 Å². The molecule has 160 valence electrons. The summed E-state index contributed by atoms with van der Waals surface area (Å²) < 4.78 is 3.61. The van der Waals surface area contributed by atoms with Gasteiger partial charge in [0.05, 0.1) is 24.0 Å². The number of fused-ring (bicyclic) bond motifs is 3. The zero-order valence-electron chi connectivity index (χ0n) is 18.2. The quantitative estimate of drug-likeness (QED) is 0.523. The monoisotopic (exact) mass is 433 g/mol. The van der Waals surface area contributed by atoms with Gasteiger partial charge in [-0.15, -0.1) is 11.3 Å². The van der Waals surface area contributed by atoms with Crippen molar-refractivity contribution in [3.8, 4) is 0 Å². The highest BCUT2D eigenvalue weighted by atomic mass is 32.1. The molecule has 0 radical (unpaired) electrons. The lowest BCUT2D eigenvalue weighted by atomic mass is 9.93. The predicted octanol–water partition coefficient (Wildman–Crippen LogP) is 3.50. The fourth-order valence-electron chi connectivity index (χ4n) is 4.45. The minimum absolute atomic E-state index is 0.0838. The van der Waals surface area contributed by atoms with E-state index < -0.39 is 0 Å². The summed E-state index contributed by atoms with van der Waals surface area (Å²) in [5.74, 6) is 0. The van der Waals surface area contributed by atoms with E-state index in [9.17, 15) is 4.79 Å². The molecule has 0 bridgehead atoms. The molecule has 0 saturated heterocycles. The standard InChI is InChI=1S/C24H27N5OS/c1-15-4-6-17(7-5-15)12-29-14-26-23-22(24(29)30)20-9-8-19(10-21(20)31-23)25-11-18-13-28(3)27-16(18)2/h4-7,13-14,19,25H,8-12H2,1-3H3. The Bertz CT molecular complexity index is 1300. The molecule has 0 spiro atoms. The van der Waals surface area contributed by atoms with E-state index >= 15 is 0 Å². The van der Waals surface area contributed by atoms with Crippen molar-refractivity contribution in [1.82, 2.24) is 24.6 Å². The van der Waals surface area contributed by atoms with Crippen molar-refractivity contribution in [3.05, 3.63) is 80.0 Å². The van der Waals surface area contributed by atoms with Gasteiger partial charge in [0.25, 0.3) is 5.56 Å². The maximum absolute atomic E-state index is 13.3. The Kier molecular flexibility index (Phi) is 5.24. The van der Waals surface area contributed by atoms with Crippen molar-refractivity contribution < 1.29 is 0 Å². The van der Waals surface area contributed by atoms with Crippen LogP contribution in [0.2, 0.25) is 0 Å². The number of hydrogen-bond acceptors (Lipinski definition) is 5. The molecule has 6 nitrogen and oxygen atoms in total. The van der Waals surface area contributed by atoms with Crippen molar-refractivity contribution in [2.45, 2.75) is 52.2 Å². The van der Waals surface area contributed by atoms with Crippen LogP contribution in [-0.2, 0) is 33.0 Å². The van der Waals surface area contributed by atoms with E-state index in [1.54, 1.807) is 22.2 Å². The highest BCUT2D eigenvalue weighted by Crippen LogP contribution is 2.33. The number of rotatable bonds is 5. The van der Waals surface area contributed by atoms with E-state index in [0.29, 0.717) is 12.6 Å². The van der Waals surface area contributed by atoms with Gasteiger partial charge >= 0.3 is 0 Å². The zero-order chi connectivity index (χ0) is 21.5. The number of thiophene rings is 1. The van der Waals surface area contributed by atoms with E-state index in [1.807, 2.05) is 11.7 Å². The van der Waals surface area contributed by atoms with E-state index in [0.717, 1.165) is 47.3 Å². The first-order valence-corrected chi connectivity index (χ1v) is 11.6. The van der Waals surface area contributed by atoms with Crippen LogP contribution in [0.5, 0.6) is 0 Å². The predicted molar refractivity (Wildman–Crippen MR) is 125 cm³/mol. The Morgan fingerprint density at radius 1 is 1.23 bits per heavy atom. The molecule has 0 saturated carbocycles. The van der Waals surface area contributed by atoms with Crippen molar-refractivity contribution in [3.63, 3.8) is 0 Å². The van der Waals surface area contributed by atoms with Gasteiger partial charge in [-0.05, 0) is 44.2 Å². The summed E-state index contributed by atoms with van der Waals surface area (Å²) in [4.78, 5) is 20.1. The first kappa shape index (κ1) is 20.2. The first-order valence-electron chi connectivity index (χ1n) is 10.8. The van der Waals surface area contributed by atoms with Crippen LogP contribution in [0.3, 0.4) is 0 Å². The minimum Gasteiger partial charge on any atom is -0.309 e. The third-order valence-corrected chi connectivity index (χ3v) is 7.37. The number of nitrogens with one attached hydrogen (secondary N) is 1. The number of aryl methyl sites for hydroxylation is 4. The van der Waals surface area contributed by atoms with Crippen LogP contribution < -0.4 is 10.9 Å². The fourth-order valence-corrected chi connectivity index (χ4v) is 5.71. The Hall–Kier alpha value is -2.77. The molecular weight excluding hydrogens is 406 g/mol. The molecule has 3 aromatic heterocycles. The summed E-state index contributed by atoms with van der Waals surface area (Å²) in [5, 5.41) is 8.94. The van der Waals surface area contributed by atoms with Crippen molar-refractivity contribution in [1.29, 1.82) is 0 Å². The first-order chi connectivity index (χ1) is 15.0. The third kappa shape index (κ3) is 3.95. The highest BCUT2D eigenvalue weighted by Gasteiger charge is 2.25. The lowest BCUT2D eigenvalue weighted by Gasteiger charge is -2.23. The van der Waals surface area contributed by atoms with Gasteiger partial charge in [-0.25, -0.2) is 4.98 Å². The molecule has 0 fully saturated rings. The van der Waals surface area contributed by atoms with Crippen LogP contribution in [0.25, 0.3) is 10.2 Å². The van der Waals surface area contributed by atoms with Gasteiger partial charge in [0.15, 0.2) is 0 Å². The number of aromatic nitrogens is 4. The smallest absolute Gasteiger partial charge is 0.262 e. The van der Waals surface area contributed by atoms with Crippen LogP contribution in [0.15, 0.2) is 41.6 Å².